The number of carbonyl (C=O) groups excluding carboxylic acids is 1. The number of hydrogen-bond donors (Lipinski definition) is 2. The monoisotopic (exact) mass is 256 g/mol. The number of phenolic OH excluding ortho intramolecular Hbond substituents is 1. The van der Waals surface area contributed by atoms with Crippen molar-refractivity contribution in [1.82, 2.24) is 10.2 Å². The Kier molecular flexibility index (Phi) is 2.85. The van der Waals surface area contributed by atoms with Crippen LogP contribution in [0.3, 0.4) is 0 Å². The Bertz CT molecular complexity index is 538. The molecule has 0 spiro atoms. The van der Waals surface area contributed by atoms with Crippen LogP contribution in [0, 0.1) is 0 Å². The van der Waals surface area contributed by atoms with Gasteiger partial charge in [0.2, 0.25) is 0 Å². The predicted octanol–water partition coefficient (Wildman–Crippen LogP) is 2.65. The van der Waals surface area contributed by atoms with Crippen molar-refractivity contribution in [3.63, 3.8) is 0 Å². The highest BCUT2D eigenvalue weighted by atomic mass is 35.5. The summed E-state index contributed by atoms with van der Waals surface area (Å²) in [6.45, 7) is 0. The molecule has 0 radical (unpaired) electrons. The molecule has 1 heterocycles. The van der Waals surface area contributed by atoms with Crippen LogP contribution in [0.1, 0.15) is 15.9 Å². The van der Waals surface area contributed by atoms with E-state index in [1.807, 2.05) is 0 Å². The lowest BCUT2D eigenvalue weighted by atomic mass is 10.1. The number of benzene rings is 1. The lowest BCUT2D eigenvalue weighted by Crippen LogP contribution is -2.00. The van der Waals surface area contributed by atoms with Crippen LogP contribution in [0.4, 0.5) is 0 Å². The molecule has 4 nitrogen and oxygen atoms in total. The zero-order valence-corrected chi connectivity index (χ0v) is 9.38. The van der Waals surface area contributed by atoms with Crippen LogP contribution in [0.5, 0.6) is 5.75 Å². The highest BCUT2D eigenvalue weighted by Gasteiger charge is 2.17. The van der Waals surface area contributed by atoms with Crippen molar-refractivity contribution in [1.29, 1.82) is 0 Å². The fraction of sp³-hybridized carbons (Fsp3) is 0. The number of aromatic amines is 1. The highest BCUT2D eigenvalue weighted by Crippen LogP contribution is 2.32. The lowest BCUT2D eigenvalue weighted by molar-refractivity contribution is 0.103. The molecule has 2 N–H and O–H groups in total. The molecule has 0 amide bonds. The first-order chi connectivity index (χ1) is 7.59. The van der Waals surface area contributed by atoms with E-state index in [4.69, 9.17) is 23.2 Å². The second kappa shape index (κ2) is 4.15. The van der Waals surface area contributed by atoms with E-state index in [-0.39, 0.29) is 21.4 Å². The van der Waals surface area contributed by atoms with Crippen molar-refractivity contribution < 1.29 is 9.90 Å². The van der Waals surface area contributed by atoms with Crippen molar-refractivity contribution in [2.45, 2.75) is 0 Å². The lowest BCUT2D eigenvalue weighted by Gasteiger charge is -2.04. The van der Waals surface area contributed by atoms with Crippen LogP contribution in [0.15, 0.2) is 24.5 Å². The maximum atomic E-state index is 11.9. The van der Waals surface area contributed by atoms with E-state index in [1.54, 1.807) is 0 Å². The summed E-state index contributed by atoms with van der Waals surface area (Å²) in [5.41, 5.74) is 0.382. The minimum Gasteiger partial charge on any atom is -0.506 e. The maximum absolute atomic E-state index is 11.9. The summed E-state index contributed by atoms with van der Waals surface area (Å²) in [5, 5.41) is 16.1. The summed E-state index contributed by atoms with van der Waals surface area (Å²) in [6.07, 6.45) is 2.78. The largest absolute Gasteiger partial charge is 0.506 e. The third kappa shape index (κ3) is 1.89. The Labute approximate surface area is 101 Å². The van der Waals surface area contributed by atoms with Gasteiger partial charge in [-0.25, -0.2) is 0 Å². The molecule has 0 saturated heterocycles. The summed E-state index contributed by atoms with van der Waals surface area (Å²) in [7, 11) is 0. The molecule has 1 aromatic carbocycles. The van der Waals surface area contributed by atoms with Gasteiger partial charge in [-0.2, -0.15) is 5.10 Å². The zero-order chi connectivity index (χ0) is 11.7. The molecular weight excluding hydrogens is 251 g/mol. The van der Waals surface area contributed by atoms with E-state index in [1.165, 1.54) is 24.5 Å². The molecule has 0 atom stereocenters. The van der Waals surface area contributed by atoms with Gasteiger partial charge in [0.1, 0.15) is 5.75 Å². The fourth-order valence-corrected chi connectivity index (χ4v) is 1.76. The second-order valence-corrected chi connectivity index (χ2v) is 3.94. The Balaban J connectivity index is 2.52. The van der Waals surface area contributed by atoms with Crippen LogP contribution >= 0.6 is 23.2 Å². The van der Waals surface area contributed by atoms with Gasteiger partial charge in [-0.15, -0.1) is 0 Å². The van der Waals surface area contributed by atoms with Gasteiger partial charge in [0.05, 0.1) is 22.3 Å². The fourth-order valence-electron chi connectivity index (χ4n) is 1.27. The molecule has 2 rings (SSSR count). The first-order valence-corrected chi connectivity index (χ1v) is 5.06. The zero-order valence-electron chi connectivity index (χ0n) is 7.87. The van der Waals surface area contributed by atoms with Crippen molar-refractivity contribution in [3.05, 3.63) is 45.7 Å². The van der Waals surface area contributed by atoms with Gasteiger partial charge in [-0.3, -0.25) is 9.89 Å². The first kappa shape index (κ1) is 11.0. The molecule has 82 valence electrons. The van der Waals surface area contributed by atoms with Crippen LogP contribution in [-0.4, -0.2) is 21.1 Å². The Morgan fingerprint density at radius 1 is 1.38 bits per heavy atom. The van der Waals surface area contributed by atoms with Gasteiger partial charge in [0, 0.05) is 11.2 Å². The van der Waals surface area contributed by atoms with Gasteiger partial charge in [0.25, 0.3) is 0 Å². The summed E-state index contributed by atoms with van der Waals surface area (Å²) >= 11 is 11.5. The van der Waals surface area contributed by atoms with Gasteiger partial charge >= 0.3 is 0 Å². The Morgan fingerprint density at radius 3 is 2.75 bits per heavy atom. The third-order valence-corrected chi connectivity index (χ3v) is 2.54. The van der Waals surface area contributed by atoms with Crippen LogP contribution in [0.25, 0.3) is 0 Å². The number of carbonyl (C=O) groups is 1. The molecule has 0 saturated carbocycles. The predicted molar refractivity (Wildman–Crippen MR) is 60.1 cm³/mol. The molecule has 1 aromatic heterocycles. The average Bonchev–Trinajstić information content (AvgIpc) is 2.75. The Morgan fingerprint density at radius 2 is 2.12 bits per heavy atom. The van der Waals surface area contributed by atoms with E-state index in [0.29, 0.717) is 5.56 Å². The standard InChI is InChI=1S/C10H6Cl2N2O2/c11-6-1-7(10(16)8(12)2-6)9(15)5-3-13-14-4-5/h1-4,16H,(H,13,14). The van der Waals surface area contributed by atoms with Crippen molar-refractivity contribution in [2.24, 2.45) is 0 Å². The molecule has 2 aromatic rings. The normalized spacial score (nSPS) is 10.4. The number of aromatic nitrogens is 2. The minimum absolute atomic E-state index is 0.0411. The summed E-state index contributed by atoms with van der Waals surface area (Å²) in [5.74, 6) is -0.673. The molecule has 0 bridgehead atoms. The van der Waals surface area contributed by atoms with E-state index in [9.17, 15) is 9.90 Å². The number of rotatable bonds is 2. The SMILES string of the molecule is O=C(c1cn[nH]c1)c1cc(Cl)cc(Cl)c1O. The average molecular weight is 257 g/mol. The molecule has 0 unspecified atom stereocenters. The number of hydrogen-bond acceptors (Lipinski definition) is 3. The number of halogens is 2. The first-order valence-electron chi connectivity index (χ1n) is 4.31. The molecular formula is C10H6Cl2N2O2. The summed E-state index contributed by atoms with van der Waals surface area (Å²) in [6, 6.07) is 2.72. The molecule has 0 aliphatic rings. The molecule has 0 aliphatic heterocycles. The highest BCUT2D eigenvalue weighted by molar-refractivity contribution is 6.36. The number of H-pyrrole nitrogens is 1. The quantitative estimate of drug-likeness (QED) is 0.812. The number of phenols is 1. The number of aromatic hydroxyl groups is 1. The minimum atomic E-state index is -0.393. The van der Waals surface area contributed by atoms with Crippen molar-refractivity contribution in [2.75, 3.05) is 0 Å². The number of nitrogens with zero attached hydrogens (tertiary/aromatic N) is 1. The molecule has 0 aliphatic carbocycles. The van der Waals surface area contributed by atoms with Gasteiger partial charge in [0.15, 0.2) is 5.78 Å². The van der Waals surface area contributed by atoms with E-state index >= 15 is 0 Å². The van der Waals surface area contributed by atoms with Crippen LogP contribution in [-0.2, 0) is 0 Å². The van der Waals surface area contributed by atoms with Gasteiger partial charge in [-0.1, -0.05) is 23.2 Å². The van der Waals surface area contributed by atoms with Crippen LogP contribution < -0.4 is 0 Å². The van der Waals surface area contributed by atoms with E-state index < -0.39 is 5.78 Å². The maximum Gasteiger partial charge on any atom is 0.199 e. The Hall–Kier alpha value is -1.52. The van der Waals surface area contributed by atoms with Crippen LogP contribution in [0.2, 0.25) is 10.0 Å². The van der Waals surface area contributed by atoms with Crippen molar-refractivity contribution >= 4 is 29.0 Å². The number of ketones is 1. The van der Waals surface area contributed by atoms with E-state index in [0.717, 1.165) is 0 Å². The molecule has 6 heteroatoms. The molecule has 0 fully saturated rings. The third-order valence-electron chi connectivity index (χ3n) is 2.03. The van der Waals surface area contributed by atoms with Gasteiger partial charge in [-0.05, 0) is 12.1 Å². The summed E-state index contributed by atoms with van der Waals surface area (Å²) < 4.78 is 0. The van der Waals surface area contributed by atoms with E-state index in [2.05, 4.69) is 10.2 Å². The van der Waals surface area contributed by atoms with Crippen molar-refractivity contribution in [3.8, 4) is 5.75 Å². The smallest absolute Gasteiger partial charge is 0.199 e. The summed E-state index contributed by atoms with van der Waals surface area (Å²) in [4.78, 5) is 11.9. The van der Waals surface area contributed by atoms with Gasteiger partial charge < -0.3 is 5.11 Å². The topological polar surface area (TPSA) is 66.0 Å². The molecule has 16 heavy (non-hydrogen) atoms. The second-order valence-electron chi connectivity index (χ2n) is 3.10. The number of nitrogens with one attached hydrogen (secondary N) is 1.